The van der Waals surface area contributed by atoms with E-state index in [1.54, 1.807) is 12.1 Å². The van der Waals surface area contributed by atoms with Gasteiger partial charge in [-0.2, -0.15) is 15.4 Å². The number of likely N-dealkylation sites (tertiary alicyclic amines) is 1. The second kappa shape index (κ2) is 7.88. The van der Waals surface area contributed by atoms with E-state index < -0.39 is 0 Å². The lowest BCUT2D eigenvalue weighted by Crippen LogP contribution is -2.42. The smallest absolute Gasteiger partial charge is 0.251 e. The molecule has 0 aliphatic carbocycles. The van der Waals surface area contributed by atoms with Crippen LogP contribution in [0.4, 0.5) is 0 Å². The number of H-pyrrole nitrogens is 1. The number of carbonyl (C=O) groups is 1. The highest BCUT2D eigenvalue weighted by molar-refractivity contribution is 5.97. The van der Waals surface area contributed by atoms with Gasteiger partial charge < -0.3 is 5.32 Å². The van der Waals surface area contributed by atoms with E-state index in [-0.39, 0.29) is 11.9 Å². The van der Waals surface area contributed by atoms with E-state index >= 15 is 0 Å². The van der Waals surface area contributed by atoms with Crippen molar-refractivity contribution in [2.75, 3.05) is 19.6 Å². The van der Waals surface area contributed by atoms with E-state index in [1.807, 2.05) is 12.1 Å². The van der Waals surface area contributed by atoms with Crippen molar-refractivity contribution in [1.82, 2.24) is 25.6 Å². The van der Waals surface area contributed by atoms with E-state index in [0.717, 1.165) is 24.5 Å². The van der Waals surface area contributed by atoms with Crippen LogP contribution in [-0.2, 0) is 0 Å². The van der Waals surface area contributed by atoms with Crippen molar-refractivity contribution in [3.63, 3.8) is 0 Å². The van der Waals surface area contributed by atoms with Crippen molar-refractivity contribution in [2.45, 2.75) is 25.8 Å². The molecule has 27 heavy (non-hydrogen) atoms. The number of aromatic nitrogens is 3. The van der Waals surface area contributed by atoms with Crippen LogP contribution in [0.2, 0.25) is 0 Å². The van der Waals surface area contributed by atoms with Gasteiger partial charge >= 0.3 is 0 Å². The van der Waals surface area contributed by atoms with Crippen LogP contribution in [-0.4, -0.2) is 45.9 Å². The largest absolute Gasteiger partial charge is 0.350 e. The summed E-state index contributed by atoms with van der Waals surface area (Å²) in [5, 5.41) is 13.8. The number of nitrogens with one attached hydrogen (secondary N) is 2. The lowest BCUT2D eigenvalue weighted by atomic mass is 9.95. The van der Waals surface area contributed by atoms with Gasteiger partial charge in [0, 0.05) is 12.1 Å². The Hall–Kier alpha value is -2.73. The Labute approximate surface area is 159 Å². The maximum atomic E-state index is 12.7. The number of benzene rings is 2. The molecule has 4 rings (SSSR count). The zero-order valence-corrected chi connectivity index (χ0v) is 15.6. The fourth-order valence-electron chi connectivity index (χ4n) is 3.75. The van der Waals surface area contributed by atoms with Crippen LogP contribution < -0.4 is 5.32 Å². The molecule has 2 heterocycles. The molecule has 6 heteroatoms. The van der Waals surface area contributed by atoms with Gasteiger partial charge in [-0.15, -0.1) is 0 Å². The van der Waals surface area contributed by atoms with Gasteiger partial charge in [0.2, 0.25) is 0 Å². The molecule has 140 valence electrons. The fourth-order valence-corrected chi connectivity index (χ4v) is 3.75. The number of carbonyl (C=O) groups excluding carboxylic acids is 1. The second-order valence-corrected chi connectivity index (χ2v) is 7.38. The lowest BCUT2D eigenvalue weighted by molar-refractivity contribution is 0.0913. The quantitative estimate of drug-likeness (QED) is 0.730. The van der Waals surface area contributed by atoms with Crippen LogP contribution in [0.1, 0.15) is 41.7 Å². The Bertz CT molecular complexity index is 899. The third kappa shape index (κ3) is 4.01. The minimum Gasteiger partial charge on any atom is -0.350 e. The summed E-state index contributed by atoms with van der Waals surface area (Å²) in [6, 6.07) is 16.0. The van der Waals surface area contributed by atoms with E-state index in [1.165, 1.54) is 18.4 Å². The number of amides is 1. The fraction of sp³-hybridized carbons (Fsp3) is 0.381. The summed E-state index contributed by atoms with van der Waals surface area (Å²) in [5.74, 6) is 0.702. The lowest BCUT2D eigenvalue weighted by Gasteiger charge is -2.37. The molecule has 1 unspecified atom stereocenters. The van der Waals surface area contributed by atoms with Gasteiger partial charge in [-0.1, -0.05) is 37.3 Å². The Kier molecular flexibility index (Phi) is 5.16. The predicted molar refractivity (Wildman–Crippen MR) is 105 cm³/mol. The van der Waals surface area contributed by atoms with Gasteiger partial charge in [0.25, 0.3) is 5.91 Å². The zero-order chi connectivity index (χ0) is 18.6. The van der Waals surface area contributed by atoms with Crippen LogP contribution in [0.15, 0.2) is 48.5 Å². The molecule has 0 bridgehead atoms. The molecule has 0 saturated carbocycles. The molecule has 1 aromatic heterocycles. The Morgan fingerprint density at radius 1 is 1.15 bits per heavy atom. The van der Waals surface area contributed by atoms with Crippen LogP contribution in [0, 0.1) is 5.92 Å². The summed E-state index contributed by atoms with van der Waals surface area (Å²) >= 11 is 0. The second-order valence-electron chi connectivity index (χ2n) is 7.38. The number of nitrogens with zero attached hydrogens (tertiary/aromatic N) is 3. The minimum atomic E-state index is -0.0776. The molecule has 6 nitrogen and oxygen atoms in total. The molecular formula is C21H25N5O. The molecule has 2 N–H and O–H groups in total. The Morgan fingerprint density at radius 3 is 2.67 bits per heavy atom. The first-order valence-electron chi connectivity index (χ1n) is 9.58. The molecule has 1 amide bonds. The summed E-state index contributed by atoms with van der Waals surface area (Å²) in [4.78, 5) is 15.2. The summed E-state index contributed by atoms with van der Waals surface area (Å²) in [6.45, 7) is 5.05. The van der Waals surface area contributed by atoms with Crippen molar-refractivity contribution >= 4 is 16.9 Å². The van der Waals surface area contributed by atoms with Gasteiger partial charge in [-0.3, -0.25) is 9.69 Å². The topological polar surface area (TPSA) is 73.9 Å². The molecular weight excluding hydrogens is 338 g/mol. The Morgan fingerprint density at radius 2 is 1.89 bits per heavy atom. The average Bonchev–Trinajstić information content (AvgIpc) is 3.18. The number of hydrogen-bond donors (Lipinski definition) is 2. The van der Waals surface area contributed by atoms with E-state index in [0.29, 0.717) is 17.6 Å². The van der Waals surface area contributed by atoms with Crippen LogP contribution >= 0.6 is 0 Å². The molecule has 2 aromatic carbocycles. The zero-order valence-electron chi connectivity index (χ0n) is 15.6. The van der Waals surface area contributed by atoms with Gasteiger partial charge in [0.15, 0.2) is 0 Å². The molecule has 0 spiro atoms. The molecule has 0 radical (unpaired) electrons. The van der Waals surface area contributed by atoms with E-state index in [9.17, 15) is 4.79 Å². The standard InChI is InChI=1S/C21H25N5O/c1-15-9-11-26(12-10-15)20(16-5-3-2-4-6-16)14-22-21(27)17-7-8-18-19(13-17)24-25-23-18/h2-8,13,15,20H,9-12,14H2,1H3,(H,22,27)(H,23,24,25). The van der Waals surface area contributed by atoms with Crippen molar-refractivity contribution in [2.24, 2.45) is 5.92 Å². The number of fused-ring (bicyclic) bond motifs is 1. The van der Waals surface area contributed by atoms with Crippen molar-refractivity contribution < 1.29 is 4.79 Å². The van der Waals surface area contributed by atoms with Gasteiger partial charge in [-0.05, 0) is 55.6 Å². The molecule has 1 atom stereocenters. The SMILES string of the molecule is CC1CCN(C(CNC(=O)c2ccc3n[nH]nc3c2)c2ccccc2)CC1. The number of aromatic amines is 1. The normalized spacial score (nSPS) is 17.1. The average molecular weight is 363 g/mol. The highest BCUT2D eigenvalue weighted by Gasteiger charge is 2.25. The number of rotatable bonds is 5. The third-order valence-corrected chi connectivity index (χ3v) is 5.48. The predicted octanol–water partition coefficient (Wildman–Crippen LogP) is 3.16. The highest BCUT2D eigenvalue weighted by Crippen LogP contribution is 2.26. The maximum Gasteiger partial charge on any atom is 0.251 e. The Balaban J connectivity index is 1.48. The van der Waals surface area contributed by atoms with Gasteiger partial charge in [-0.25, -0.2) is 0 Å². The summed E-state index contributed by atoms with van der Waals surface area (Å²) < 4.78 is 0. The third-order valence-electron chi connectivity index (χ3n) is 5.48. The highest BCUT2D eigenvalue weighted by atomic mass is 16.1. The van der Waals surface area contributed by atoms with Crippen LogP contribution in [0.3, 0.4) is 0 Å². The number of piperidine rings is 1. The summed E-state index contributed by atoms with van der Waals surface area (Å²) in [7, 11) is 0. The molecule has 1 fully saturated rings. The monoisotopic (exact) mass is 363 g/mol. The van der Waals surface area contributed by atoms with Gasteiger partial charge in [0.1, 0.15) is 11.0 Å². The first-order valence-corrected chi connectivity index (χ1v) is 9.58. The first kappa shape index (κ1) is 17.7. The van der Waals surface area contributed by atoms with Crippen LogP contribution in [0.25, 0.3) is 11.0 Å². The minimum absolute atomic E-state index is 0.0776. The van der Waals surface area contributed by atoms with Crippen LogP contribution in [0.5, 0.6) is 0 Å². The van der Waals surface area contributed by atoms with Crippen molar-refractivity contribution in [3.8, 4) is 0 Å². The van der Waals surface area contributed by atoms with Crippen molar-refractivity contribution in [3.05, 3.63) is 59.7 Å². The van der Waals surface area contributed by atoms with E-state index in [4.69, 9.17) is 0 Å². The van der Waals surface area contributed by atoms with Crippen molar-refractivity contribution in [1.29, 1.82) is 0 Å². The van der Waals surface area contributed by atoms with E-state index in [2.05, 4.69) is 56.8 Å². The van der Waals surface area contributed by atoms with Gasteiger partial charge in [0.05, 0.1) is 6.04 Å². The molecule has 1 saturated heterocycles. The molecule has 3 aromatic rings. The summed E-state index contributed by atoms with van der Waals surface area (Å²) in [6.07, 6.45) is 2.42. The number of hydrogen-bond acceptors (Lipinski definition) is 4. The summed E-state index contributed by atoms with van der Waals surface area (Å²) in [5.41, 5.74) is 3.32. The maximum absolute atomic E-state index is 12.7. The first-order chi connectivity index (χ1) is 13.2. The molecule has 1 aliphatic rings. The molecule has 1 aliphatic heterocycles.